The first kappa shape index (κ1) is 9.86. The van der Waals surface area contributed by atoms with Crippen LogP contribution in [-0.4, -0.2) is 16.0 Å². The lowest BCUT2D eigenvalue weighted by molar-refractivity contribution is 0.576. The van der Waals surface area contributed by atoms with Crippen LogP contribution in [0.3, 0.4) is 0 Å². The van der Waals surface area contributed by atoms with Crippen LogP contribution < -0.4 is 5.73 Å². The Morgan fingerprint density at radius 1 is 1.47 bits per heavy atom. The molecule has 1 unspecified atom stereocenters. The fraction of sp³-hybridized carbons (Fsp3) is 0.273. The fourth-order valence-electron chi connectivity index (χ4n) is 1.36. The first-order valence-electron chi connectivity index (χ1n) is 4.87. The summed E-state index contributed by atoms with van der Waals surface area (Å²) in [6, 6.07) is 5.63. The summed E-state index contributed by atoms with van der Waals surface area (Å²) < 4.78 is 5.22. The largest absolute Gasteiger partial charge is 0.461 e. The summed E-state index contributed by atoms with van der Waals surface area (Å²) in [4.78, 5) is 8.51. The highest BCUT2D eigenvalue weighted by atomic mass is 16.3. The van der Waals surface area contributed by atoms with E-state index >= 15 is 0 Å². The van der Waals surface area contributed by atoms with E-state index in [0.29, 0.717) is 11.6 Å². The quantitative estimate of drug-likeness (QED) is 0.823. The second kappa shape index (κ2) is 4.23. The summed E-state index contributed by atoms with van der Waals surface area (Å²) in [7, 11) is 0. The molecule has 0 aliphatic heterocycles. The fourth-order valence-corrected chi connectivity index (χ4v) is 1.36. The zero-order chi connectivity index (χ0) is 10.7. The van der Waals surface area contributed by atoms with E-state index in [9.17, 15) is 0 Å². The molecule has 1 atom stereocenters. The van der Waals surface area contributed by atoms with Gasteiger partial charge in [0.05, 0.1) is 6.26 Å². The van der Waals surface area contributed by atoms with Crippen molar-refractivity contribution >= 4 is 0 Å². The molecule has 0 bridgehead atoms. The maximum absolute atomic E-state index is 5.71. The maximum atomic E-state index is 5.71. The molecule has 0 aliphatic carbocycles. The van der Waals surface area contributed by atoms with Gasteiger partial charge < -0.3 is 10.2 Å². The van der Waals surface area contributed by atoms with Crippen LogP contribution in [0, 0.1) is 0 Å². The topological polar surface area (TPSA) is 64.9 Å². The van der Waals surface area contributed by atoms with Gasteiger partial charge in [-0.15, -0.1) is 0 Å². The molecule has 15 heavy (non-hydrogen) atoms. The zero-order valence-corrected chi connectivity index (χ0v) is 8.55. The molecule has 2 rings (SSSR count). The van der Waals surface area contributed by atoms with Crippen LogP contribution >= 0.6 is 0 Å². The molecular formula is C11H13N3O. The van der Waals surface area contributed by atoms with Crippen molar-refractivity contribution in [3.05, 3.63) is 36.4 Å². The average Bonchev–Trinajstić information content (AvgIpc) is 2.69. The molecule has 4 heteroatoms. The molecule has 2 N–H and O–H groups in total. The van der Waals surface area contributed by atoms with Crippen molar-refractivity contribution in [3.8, 4) is 11.6 Å². The molecule has 78 valence electrons. The predicted molar refractivity (Wildman–Crippen MR) is 57.1 cm³/mol. The third kappa shape index (κ3) is 2.41. The molecule has 4 nitrogen and oxygen atoms in total. The van der Waals surface area contributed by atoms with E-state index in [1.807, 2.05) is 25.1 Å². The van der Waals surface area contributed by atoms with E-state index in [0.717, 1.165) is 12.1 Å². The smallest absolute Gasteiger partial charge is 0.195 e. The number of hydrogen-bond acceptors (Lipinski definition) is 4. The first-order chi connectivity index (χ1) is 7.25. The summed E-state index contributed by atoms with van der Waals surface area (Å²) in [6.45, 7) is 1.95. The molecule has 2 aromatic heterocycles. The molecule has 2 heterocycles. The lowest BCUT2D eigenvalue weighted by Gasteiger charge is -2.04. The highest BCUT2D eigenvalue weighted by Gasteiger charge is 2.06. The average molecular weight is 203 g/mol. The lowest BCUT2D eigenvalue weighted by atomic mass is 10.2. The monoisotopic (exact) mass is 203 g/mol. The van der Waals surface area contributed by atoms with E-state index < -0.39 is 0 Å². The molecule has 0 saturated heterocycles. The van der Waals surface area contributed by atoms with Crippen LogP contribution in [0.5, 0.6) is 0 Å². The second-order valence-corrected chi connectivity index (χ2v) is 3.53. The Hall–Kier alpha value is -1.68. The van der Waals surface area contributed by atoms with Crippen molar-refractivity contribution in [1.82, 2.24) is 9.97 Å². The van der Waals surface area contributed by atoms with Gasteiger partial charge in [0.15, 0.2) is 11.6 Å². The molecule has 0 fully saturated rings. The Bertz CT molecular complexity index is 423. The summed E-state index contributed by atoms with van der Waals surface area (Å²) >= 11 is 0. The van der Waals surface area contributed by atoms with Gasteiger partial charge in [0.2, 0.25) is 0 Å². The number of nitrogens with two attached hydrogens (primary N) is 1. The summed E-state index contributed by atoms with van der Waals surface area (Å²) in [5, 5.41) is 0. The van der Waals surface area contributed by atoms with Gasteiger partial charge in [-0.1, -0.05) is 0 Å². The van der Waals surface area contributed by atoms with Gasteiger partial charge in [0.25, 0.3) is 0 Å². The van der Waals surface area contributed by atoms with Gasteiger partial charge in [-0.2, -0.15) is 0 Å². The first-order valence-corrected chi connectivity index (χ1v) is 4.87. The van der Waals surface area contributed by atoms with E-state index in [-0.39, 0.29) is 6.04 Å². The van der Waals surface area contributed by atoms with Crippen LogP contribution in [0.4, 0.5) is 0 Å². The van der Waals surface area contributed by atoms with Gasteiger partial charge in [0.1, 0.15) is 0 Å². The van der Waals surface area contributed by atoms with Gasteiger partial charge in [-0.25, -0.2) is 9.97 Å². The Morgan fingerprint density at radius 3 is 3.00 bits per heavy atom. The number of aromatic nitrogens is 2. The summed E-state index contributed by atoms with van der Waals surface area (Å²) in [6.07, 6.45) is 4.08. The van der Waals surface area contributed by atoms with Crippen molar-refractivity contribution in [2.75, 3.05) is 0 Å². The van der Waals surface area contributed by atoms with Crippen LogP contribution in [0.2, 0.25) is 0 Å². The van der Waals surface area contributed by atoms with Crippen LogP contribution in [-0.2, 0) is 6.42 Å². The Balaban J connectivity index is 2.27. The zero-order valence-electron chi connectivity index (χ0n) is 8.55. The van der Waals surface area contributed by atoms with Crippen molar-refractivity contribution in [3.63, 3.8) is 0 Å². The van der Waals surface area contributed by atoms with E-state index in [4.69, 9.17) is 10.2 Å². The Labute approximate surface area is 88.2 Å². The third-order valence-electron chi connectivity index (χ3n) is 1.99. The standard InChI is InChI=1S/C11H13N3O/c1-8(12)7-9-4-5-13-11(14-9)10-3-2-6-15-10/h2-6,8H,7,12H2,1H3. The minimum Gasteiger partial charge on any atom is -0.461 e. The van der Waals surface area contributed by atoms with Crippen molar-refractivity contribution in [1.29, 1.82) is 0 Å². The van der Waals surface area contributed by atoms with E-state index in [2.05, 4.69) is 9.97 Å². The maximum Gasteiger partial charge on any atom is 0.195 e. The molecule has 0 aromatic carbocycles. The Kier molecular flexibility index (Phi) is 2.78. The number of rotatable bonds is 3. The highest BCUT2D eigenvalue weighted by Crippen LogP contribution is 2.14. The van der Waals surface area contributed by atoms with Crippen molar-refractivity contribution in [2.24, 2.45) is 5.73 Å². The lowest BCUT2D eigenvalue weighted by Crippen LogP contribution is -2.18. The van der Waals surface area contributed by atoms with Gasteiger partial charge in [-0.3, -0.25) is 0 Å². The minimum absolute atomic E-state index is 0.101. The SMILES string of the molecule is CC(N)Cc1ccnc(-c2ccco2)n1. The van der Waals surface area contributed by atoms with Gasteiger partial charge in [0, 0.05) is 24.4 Å². The molecule has 0 saturated carbocycles. The molecule has 2 aromatic rings. The Morgan fingerprint density at radius 2 is 2.33 bits per heavy atom. The predicted octanol–water partition coefficient (Wildman–Crippen LogP) is 1.63. The van der Waals surface area contributed by atoms with Crippen molar-refractivity contribution < 1.29 is 4.42 Å². The number of hydrogen-bond donors (Lipinski definition) is 1. The molecule has 0 amide bonds. The van der Waals surface area contributed by atoms with Crippen LogP contribution in [0.1, 0.15) is 12.6 Å². The van der Waals surface area contributed by atoms with Gasteiger partial charge in [-0.05, 0) is 25.1 Å². The van der Waals surface area contributed by atoms with E-state index in [1.165, 1.54) is 0 Å². The third-order valence-corrected chi connectivity index (χ3v) is 1.99. The second-order valence-electron chi connectivity index (χ2n) is 3.53. The normalized spacial score (nSPS) is 12.7. The number of furan rings is 1. The van der Waals surface area contributed by atoms with Gasteiger partial charge >= 0.3 is 0 Å². The van der Waals surface area contributed by atoms with Crippen LogP contribution in [0.25, 0.3) is 11.6 Å². The van der Waals surface area contributed by atoms with E-state index in [1.54, 1.807) is 12.5 Å². The minimum atomic E-state index is 0.101. The molecule has 0 spiro atoms. The van der Waals surface area contributed by atoms with Crippen LogP contribution in [0.15, 0.2) is 35.1 Å². The molecular weight excluding hydrogens is 190 g/mol. The molecule has 0 aliphatic rings. The highest BCUT2D eigenvalue weighted by molar-refractivity contribution is 5.45. The summed E-state index contributed by atoms with van der Waals surface area (Å²) in [5.41, 5.74) is 6.65. The summed E-state index contributed by atoms with van der Waals surface area (Å²) in [5.74, 6) is 1.29. The number of nitrogens with zero attached hydrogens (tertiary/aromatic N) is 2. The van der Waals surface area contributed by atoms with Crippen molar-refractivity contribution in [2.45, 2.75) is 19.4 Å². The molecule has 0 radical (unpaired) electrons.